The number of aromatic amines is 1. The Morgan fingerprint density at radius 1 is 1.41 bits per heavy atom. The van der Waals surface area contributed by atoms with Crippen molar-refractivity contribution in [3.8, 4) is 0 Å². The highest BCUT2D eigenvalue weighted by Crippen LogP contribution is 2.23. The number of rotatable bonds is 1. The van der Waals surface area contributed by atoms with Crippen molar-refractivity contribution in [3.63, 3.8) is 0 Å². The lowest BCUT2D eigenvalue weighted by atomic mass is 9.88. The van der Waals surface area contributed by atoms with Gasteiger partial charge in [0.25, 0.3) is 5.91 Å². The molecule has 0 spiro atoms. The lowest BCUT2D eigenvalue weighted by Gasteiger charge is -2.35. The highest BCUT2D eigenvalue weighted by Gasteiger charge is 2.27. The Morgan fingerprint density at radius 3 is 2.82 bits per heavy atom. The number of pyridine rings is 1. The van der Waals surface area contributed by atoms with Crippen molar-refractivity contribution in [3.05, 3.63) is 34.2 Å². The third-order valence-electron chi connectivity index (χ3n) is 3.68. The predicted molar refractivity (Wildman–Crippen MR) is 65.9 cm³/mol. The van der Waals surface area contributed by atoms with E-state index < -0.39 is 0 Å². The van der Waals surface area contributed by atoms with E-state index in [1.165, 1.54) is 12.3 Å². The maximum Gasteiger partial charge on any atom is 0.259 e. The molecule has 2 unspecified atom stereocenters. The minimum atomic E-state index is -0.208. The third-order valence-corrected chi connectivity index (χ3v) is 3.68. The number of hydrogen-bond acceptors (Lipinski definition) is 2. The van der Waals surface area contributed by atoms with E-state index in [-0.39, 0.29) is 16.9 Å². The van der Waals surface area contributed by atoms with Crippen molar-refractivity contribution >= 4 is 5.91 Å². The molecule has 1 aliphatic heterocycles. The molecule has 92 valence electrons. The summed E-state index contributed by atoms with van der Waals surface area (Å²) in [6.07, 6.45) is 4.05. The van der Waals surface area contributed by atoms with Gasteiger partial charge in [0.15, 0.2) is 5.43 Å². The fourth-order valence-electron chi connectivity index (χ4n) is 2.20. The molecule has 1 saturated heterocycles. The van der Waals surface area contributed by atoms with Crippen molar-refractivity contribution in [1.82, 2.24) is 9.88 Å². The second kappa shape index (κ2) is 4.73. The summed E-state index contributed by atoms with van der Waals surface area (Å²) in [6.45, 7) is 5.86. The van der Waals surface area contributed by atoms with E-state index in [9.17, 15) is 9.59 Å². The van der Waals surface area contributed by atoms with Crippen LogP contribution in [0, 0.1) is 11.8 Å². The summed E-state index contributed by atoms with van der Waals surface area (Å²) in [7, 11) is 0. The first-order valence-corrected chi connectivity index (χ1v) is 6.06. The van der Waals surface area contributed by atoms with Crippen LogP contribution in [0.25, 0.3) is 0 Å². The highest BCUT2D eigenvalue weighted by molar-refractivity contribution is 5.93. The number of likely N-dealkylation sites (tertiary alicyclic amines) is 1. The van der Waals surface area contributed by atoms with E-state index in [1.807, 2.05) is 0 Å². The normalized spacial score (nSPS) is 24.7. The summed E-state index contributed by atoms with van der Waals surface area (Å²) in [4.78, 5) is 28.3. The van der Waals surface area contributed by atoms with E-state index in [0.29, 0.717) is 11.8 Å². The minimum Gasteiger partial charge on any atom is -0.367 e. The van der Waals surface area contributed by atoms with Gasteiger partial charge in [0.1, 0.15) is 5.56 Å². The summed E-state index contributed by atoms with van der Waals surface area (Å²) in [5, 5.41) is 0. The fraction of sp³-hybridized carbons (Fsp3) is 0.538. The van der Waals surface area contributed by atoms with Gasteiger partial charge in [0.05, 0.1) is 0 Å². The minimum absolute atomic E-state index is 0.148. The average molecular weight is 234 g/mol. The molecular formula is C13H18N2O2. The number of aromatic nitrogens is 1. The van der Waals surface area contributed by atoms with Gasteiger partial charge in [-0.2, -0.15) is 0 Å². The molecule has 1 amide bonds. The summed E-state index contributed by atoms with van der Waals surface area (Å²) in [5.74, 6) is 0.995. The van der Waals surface area contributed by atoms with Crippen LogP contribution >= 0.6 is 0 Å². The number of hydrogen-bond donors (Lipinski definition) is 1. The molecule has 0 radical (unpaired) electrons. The molecule has 2 rings (SSSR count). The Bertz CT molecular complexity index is 466. The highest BCUT2D eigenvalue weighted by atomic mass is 16.2. The number of piperidine rings is 1. The van der Waals surface area contributed by atoms with Crippen LogP contribution < -0.4 is 5.43 Å². The van der Waals surface area contributed by atoms with Gasteiger partial charge in [0, 0.05) is 31.5 Å². The maximum absolute atomic E-state index is 12.2. The van der Waals surface area contributed by atoms with Gasteiger partial charge in [-0.3, -0.25) is 9.59 Å². The third kappa shape index (κ3) is 2.40. The molecule has 1 aliphatic rings. The molecular weight excluding hydrogens is 216 g/mol. The molecule has 1 fully saturated rings. The Morgan fingerprint density at radius 2 is 2.18 bits per heavy atom. The number of carbonyl (C=O) groups is 1. The number of nitrogens with zero attached hydrogens (tertiary/aromatic N) is 1. The number of carbonyl (C=O) groups excluding carboxylic acids is 1. The Hall–Kier alpha value is -1.58. The van der Waals surface area contributed by atoms with Crippen LogP contribution in [0.2, 0.25) is 0 Å². The number of nitrogens with one attached hydrogen (secondary N) is 1. The molecule has 0 aliphatic carbocycles. The zero-order valence-corrected chi connectivity index (χ0v) is 10.3. The predicted octanol–water partition coefficient (Wildman–Crippen LogP) is 1.49. The average Bonchev–Trinajstić information content (AvgIpc) is 2.32. The van der Waals surface area contributed by atoms with Crippen LogP contribution in [0.4, 0.5) is 0 Å². The van der Waals surface area contributed by atoms with E-state index in [0.717, 1.165) is 19.5 Å². The molecule has 1 N–H and O–H groups in total. The van der Waals surface area contributed by atoms with Crippen LogP contribution in [-0.4, -0.2) is 28.9 Å². The maximum atomic E-state index is 12.2. The largest absolute Gasteiger partial charge is 0.367 e. The van der Waals surface area contributed by atoms with Gasteiger partial charge in [0.2, 0.25) is 0 Å². The molecule has 1 aromatic rings. The molecule has 2 heterocycles. The molecule has 4 nitrogen and oxygen atoms in total. The summed E-state index contributed by atoms with van der Waals surface area (Å²) < 4.78 is 0. The second-order valence-electron chi connectivity index (χ2n) is 4.92. The van der Waals surface area contributed by atoms with Crippen molar-refractivity contribution in [2.24, 2.45) is 11.8 Å². The smallest absolute Gasteiger partial charge is 0.259 e. The molecule has 1 aromatic heterocycles. The Labute approximate surface area is 101 Å². The standard InChI is InChI=1S/C13H18N2O2/c1-9-4-6-15(8-10(9)2)13(17)11-7-14-5-3-12(11)16/h3,5,7,9-10H,4,6,8H2,1-2H3,(H,14,16). The zero-order chi connectivity index (χ0) is 12.4. The first-order valence-electron chi connectivity index (χ1n) is 6.06. The SMILES string of the molecule is CC1CCN(C(=O)c2c[nH]ccc2=O)CC1C. The first kappa shape index (κ1) is 11.9. The summed E-state index contributed by atoms with van der Waals surface area (Å²) >= 11 is 0. The number of H-pyrrole nitrogens is 1. The molecule has 17 heavy (non-hydrogen) atoms. The second-order valence-corrected chi connectivity index (χ2v) is 4.92. The molecule has 0 aromatic carbocycles. The molecule has 0 saturated carbocycles. The van der Waals surface area contributed by atoms with E-state index >= 15 is 0 Å². The zero-order valence-electron chi connectivity index (χ0n) is 10.3. The van der Waals surface area contributed by atoms with Crippen LogP contribution in [0.1, 0.15) is 30.6 Å². The Kier molecular flexibility index (Phi) is 3.31. The Balaban J connectivity index is 2.17. The van der Waals surface area contributed by atoms with Crippen molar-refractivity contribution in [2.75, 3.05) is 13.1 Å². The van der Waals surface area contributed by atoms with Crippen LogP contribution in [-0.2, 0) is 0 Å². The van der Waals surface area contributed by atoms with Crippen LogP contribution in [0.5, 0.6) is 0 Å². The van der Waals surface area contributed by atoms with Crippen molar-refractivity contribution < 1.29 is 4.79 Å². The van der Waals surface area contributed by atoms with Crippen LogP contribution in [0.3, 0.4) is 0 Å². The van der Waals surface area contributed by atoms with Crippen molar-refractivity contribution in [1.29, 1.82) is 0 Å². The van der Waals surface area contributed by atoms with E-state index in [2.05, 4.69) is 18.8 Å². The quantitative estimate of drug-likeness (QED) is 0.800. The molecule has 2 atom stereocenters. The van der Waals surface area contributed by atoms with Gasteiger partial charge in [-0.25, -0.2) is 0 Å². The summed E-state index contributed by atoms with van der Waals surface area (Å²) in [5.41, 5.74) is 0.0364. The van der Waals surface area contributed by atoms with Gasteiger partial charge in [-0.15, -0.1) is 0 Å². The first-order chi connectivity index (χ1) is 8.09. The van der Waals surface area contributed by atoms with E-state index in [4.69, 9.17) is 0 Å². The van der Waals surface area contributed by atoms with Gasteiger partial charge < -0.3 is 9.88 Å². The summed E-state index contributed by atoms with van der Waals surface area (Å²) in [6, 6.07) is 1.39. The fourth-order valence-corrected chi connectivity index (χ4v) is 2.20. The van der Waals surface area contributed by atoms with E-state index in [1.54, 1.807) is 11.1 Å². The molecule has 4 heteroatoms. The molecule has 0 bridgehead atoms. The van der Waals surface area contributed by atoms with Gasteiger partial charge >= 0.3 is 0 Å². The van der Waals surface area contributed by atoms with Crippen LogP contribution in [0.15, 0.2) is 23.3 Å². The topological polar surface area (TPSA) is 53.2 Å². The van der Waals surface area contributed by atoms with Gasteiger partial charge in [-0.05, 0) is 18.3 Å². The van der Waals surface area contributed by atoms with Gasteiger partial charge in [-0.1, -0.05) is 13.8 Å². The number of amides is 1. The van der Waals surface area contributed by atoms with Crippen molar-refractivity contribution in [2.45, 2.75) is 20.3 Å². The lowest BCUT2D eigenvalue weighted by molar-refractivity contribution is 0.0626. The monoisotopic (exact) mass is 234 g/mol. The lowest BCUT2D eigenvalue weighted by Crippen LogP contribution is -2.43.